The summed E-state index contributed by atoms with van der Waals surface area (Å²) in [6, 6.07) is 2.74. The van der Waals surface area contributed by atoms with Crippen LogP contribution in [0.4, 0.5) is 10.1 Å². The van der Waals surface area contributed by atoms with Gasteiger partial charge in [0.15, 0.2) is 5.13 Å². The molecule has 0 unspecified atom stereocenters. The maximum Gasteiger partial charge on any atom is 0.319 e. The molecule has 0 spiro atoms. The van der Waals surface area contributed by atoms with Gasteiger partial charge in [-0.3, -0.25) is 20.0 Å². The first-order chi connectivity index (χ1) is 9.08. The quantitative estimate of drug-likeness (QED) is 0.499. The van der Waals surface area contributed by atoms with Crippen molar-refractivity contribution >= 4 is 29.1 Å². The number of carbonyl (C=O) groups excluding carboxylic acids is 1. The molecule has 10 heteroatoms. The summed E-state index contributed by atoms with van der Waals surface area (Å²) >= 11 is 0.849. The summed E-state index contributed by atoms with van der Waals surface area (Å²) in [7, 11) is 0. The molecule has 1 amide bonds. The number of hydrogen-bond acceptors (Lipinski definition) is 6. The molecule has 2 aromatic rings. The molecule has 19 heavy (non-hydrogen) atoms. The number of nitro groups is 1. The lowest BCUT2D eigenvalue weighted by atomic mass is 10.3. The van der Waals surface area contributed by atoms with Crippen molar-refractivity contribution in [3.8, 4) is 0 Å². The molecule has 0 aliphatic carbocycles. The SMILES string of the molecule is O=C(NN=Cc1ccc(F)s1)c1[nH]ncc1[N+](=O)[O-]. The number of thiophene rings is 1. The van der Waals surface area contributed by atoms with Crippen LogP contribution in [0.1, 0.15) is 15.4 Å². The third-order valence-electron chi connectivity index (χ3n) is 1.99. The average Bonchev–Trinajstić information content (AvgIpc) is 2.97. The second kappa shape index (κ2) is 5.35. The number of nitrogens with zero attached hydrogens (tertiary/aromatic N) is 3. The number of carbonyl (C=O) groups is 1. The van der Waals surface area contributed by atoms with Gasteiger partial charge in [0.05, 0.1) is 16.0 Å². The van der Waals surface area contributed by atoms with E-state index in [9.17, 15) is 19.3 Å². The third-order valence-corrected chi connectivity index (χ3v) is 2.80. The van der Waals surface area contributed by atoms with E-state index in [4.69, 9.17) is 0 Å². The van der Waals surface area contributed by atoms with Gasteiger partial charge in [-0.15, -0.1) is 11.3 Å². The fraction of sp³-hybridized carbons (Fsp3) is 0. The second-order valence-corrected chi connectivity index (χ2v) is 4.29. The summed E-state index contributed by atoms with van der Waals surface area (Å²) < 4.78 is 12.7. The topological polar surface area (TPSA) is 113 Å². The number of aromatic nitrogens is 2. The molecular formula is C9H6FN5O3S. The fourth-order valence-corrected chi connectivity index (χ4v) is 1.80. The molecule has 0 aliphatic rings. The minimum absolute atomic E-state index is 0.306. The maximum atomic E-state index is 12.7. The molecule has 0 fully saturated rings. The third kappa shape index (κ3) is 2.98. The van der Waals surface area contributed by atoms with Crippen LogP contribution < -0.4 is 5.43 Å². The molecule has 0 radical (unpaired) electrons. The number of halogens is 1. The molecule has 98 valence electrons. The molecule has 8 nitrogen and oxygen atoms in total. The van der Waals surface area contributed by atoms with Crippen molar-refractivity contribution < 1.29 is 14.1 Å². The van der Waals surface area contributed by atoms with Crippen molar-refractivity contribution in [1.29, 1.82) is 0 Å². The summed E-state index contributed by atoms with van der Waals surface area (Å²) in [5, 5.41) is 19.4. The van der Waals surface area contributed by atoms with Crippen LogP contribution in [0, 0.1) is 15.2 Å². The van der Waals surface area contributed by atoms with Gasteiger partial charge in [-0.2, -0.15) is 14.6 Å². The van der Waals surface area contributed by atoms with Gasteiger partial charge in [0.25, 0.3) is 5.91 Å². The molecule has 2 rings (SSSR count). The van der Waals surface area contributed by atoms with Crippen LogP contribution in [0.25, 0.3) is 0 Å². The van der Waals surface area contributed by atoms with Crippen LogP contribution in [-0.4, -0.2) is 27.2 Å². The van der Waals surface area contributed by atoms with Crippen LogP contribution in [0.2, 0.25) is 0 Å². The molecule has 2 N–H and O–H groups in total. The normalized spacial score (nSPS) is 10.8. The van der Waals surface area contributed by atoms with Crippen molar-refractivity contribution in [3.63, 3.8) is 0 Å². The van der Waals surface area contributed by atoms with E-state index in [1.165, 1.54) is 18.3 Å². The van der Waals surface area contributed by atoms with Crippen molar-refractivity contribution in [3.05, 3.63) is 44.1 Å². The summed E-state index contributed by atoms with van der Waals surface area (Å²) in [6.45, 7) is 0. The van der Waals surface area contributed by atoms with Gasteiger partial charge >= 0.3 is 5.69 Å². The zero-order valence-corrected chi connectivity index (χ0v) is 9.98. The highest BCUT2D eigenvalue weighted by atomic mass is 32.1. The van der Waals surface area contributed by atoms with Crippen molar-refractivity contribution in [1.82, 2.24) is 15.6 Å². The van der Waals surface area contributed by atoms with Gasteiger partial charge in [0.1, 0.15) is 6.20 Å². The summed E-state index contributed by atoms with van der Waals surface area (Å²) in [5.74, 6) is -0.808. The Hall–Kier alpha value is -2.62. The monoisotopic (exact) mass is 283 g/mol. The summed E-state index contributed by atoms with van der Waals surface area (Å²) in [5.41, 5.74) is 1.32. The van der Waals surface area contributed by atoms with Crippen LogP contribution in [0.3, 0.4) is 0 Å². The highest BCUT2D eigenvalue weighted by molar-refractivity contribution is 7.12. The molecular weight excluding hydrogens is 277 g/mol. The van der Waals surface area contributed by atoms with Crippen LogP contribution in [0.15, 0.2) is 23.4 Å². The predicted molar refractivity (Wildman–Crippen MR) is 64.6 cm³/mol. The van der Waals surface area contributed by atoms with Crippen molar-refractivity contribution in [2.24, 2.45) is 5.10 Å². The highest BCUT2D eigenvalue weighted by Gasteiger charge is 2.22. The number of nitrogens with one attached hydrogen (secondary N) is 2. The van der Waals surface area contributed by atoms with Crippen LogP contribution in [-0.2, 0) is 0 Å². The zero-order chi connectivity index (χ0) is 13.8. The highest BCUT2D eigenvalue weighted by Crippen LogP contribution is 2.14. The van der Waals surface area contributed by atoms with Gasteiger partial charge in [-0.1, -0.05) is 0 Å². The minimum atomic E-state index is -0.808. The van der Waals surface area contributed by atoms with Gasteiger partial charge in [0.2, 0.25) is 5.69 Å². The molecule has 2 aromatic heterocycles. The molecule has 0 atom stereocenters. The van der Waals surface area contributed by atoms with Crippen LogP contribution >= 0.6 is 11.3 Å². The van der Waals surface area contributed by atoms with E-state index in [2.05, 4.69) is 20.7 Å². The van der Waals surface area contributed by atoms with Crippen LogP contribution in [0.5, 0.6) is 0 Å². The van der Waals surface area contributed by atoms with E-state index in [0.717, 1.165) is 17.5 Å². The Morgan fingerprint density at radius 3 is 3.05 bits per heavy atom. The van der Waals surface area contributed by atoms with E-state index < -0.39 is 16.5 Å². The largest absolute Gasteiger partial charge is 0.319 e. The van der Waals surface area contributed by atoms with E-state index in [-0.39, 0.29) is 10.8 Å². The number of amides is 1. The number of hydrazone groups is 1. The summed E-state index contributed by atoms with van der Waals surface area (Å²) in [6.07, 6.45) is 2.15. The Kier molecular flexibility index (Phi) is 3.61. The number of aromatic amines is 1. The lowest BCUT2D eigenvalue weighted by molar-refractivity contribution is -0.385. The van der Waals surface area contributed by atoms with E-state index >= 15 is 0 Å². The van der Waals surface area contributed by atoms with Gasteiger partial charge in [0, 0.05) is 0 Å². The van der Waals surface area contributed by atoms with Gasteiger partial charge < -0.3 is 0 Å². The average molecular weight is 283 g/mol. The van der Waals surface area contributed by atoms with E-state index in [1.54, 1.807) is 0 Å². The minimum Gasteiger partial charge on any atom is -0.267 e. The predicted octanol–water partition coefficient (Wildman–Crippen LogP) is 1.28. The second-order valence-electron chi connectivity index (χ2n) is 3.23. The first-order valence-corrected chi connectivity index (χ1v) is 5.66. The molecule has 0 aromatic carbocycles. The Bertz CT molecular complexity index is 650. The number of rotatable bonds is 4. The Balaban J connectivity index is 2.03. The number of hydrogen-bond donors (Lipinski definition) is 2. The van der Waals surface area contributed by atoms with Gasteiger partial charge in [-0.05, 0) is 12.1 Å². The maximum absolute atomic E-state index is 12.7. The smallest absolute Gasteiger partial charge is 0.267 e. The zero-order valence-electron chi connectivity index (χ0n) is 9.16. The Morgan fingerprint density at radius 1 is 1.63 bits per heavy atom. The molecule has 0 bridgehead atoms. The lowest BCUT2D eigenvalue weighted by Gasteiger charge is -1.95. The van der Waals surface area contributed by atoms with Crippen molar-refractivity contribution in [2.75, 3.05) is 0 Å². The van der Waals surface area contributed by atoms with Gasteiger partial charge in [-0.25, -0.2) is 5.43 Å². The molecule has 2 heterocycles. The van der Waals surface area contributed by atoms with E-state index in [0.29, 0.717) is 4.88 Å². The molecule has 0 saturated carbocycles. The summed E-state index contributed by atoms with van der Waals surface area (Å²) in [4.78, 5) is 21.9. The number of H-pyrrole nitrogens is 1. The fourth-order valence-electron chi connectivity index (χ4n) is 1.19. The first-order valence-electron chi connectivity index (χ1n) is 4.84. The lowest BCUT2D eigenvalue weighted by Crippen LogP contribution is -2.19. The molecule has 0 saturated heterocycles. The molecule has 0 aliphatic heterocycles. The first kappa shape index (κ1) is 12.8. The Labute approximate surface area is 109 Å². The standard InChI is InChI=1S/C9H6FN5O3S/c10-7-2-1-5(19-7)3-11-14-9(16)8-6(15(17)18)4-12-13-8/h1-4H,(H,12,13)(H,14,16). The Morgan fingerprint density at radius 2 is 2.42 bits per heavy atom. The van der Waals surface area contributed by atoms with E-state index in [1.807, 2.05) is 0 Å². The van der Waals surface area contributed by atoms with Crippen molar-refractivity contribution in [2.45, 2.75) is 0 Å².